The van der Waals surface area contributed by atoms with E-state index in [0.29, 0.717) is 17.9 Å². The maximum atomic E-state index is 10.9. The summed E-state index contributed by atoms with van der Waals surface area (Å²) in [7, 11) is 0. The van der Waals surface area contributed by atoms with Crippen LogP contribution in [0.15, 0.2) is 53.9 Å². The number of hydrogen-bond donors (Lipinski definition) is 2. The van der Waals surface area contributed by atoms with Crippen molar-refractivity contribution in [3.63, 3.8) is 0 Å². The van der Waals surface area contributed by atoms with Crippen molar-refractivity contribution in [3.8, 4) is 0 Å². The molecule has 1 aromatic rings. The van der Waals surface area contributed by atoms with Gasteiger partial charge in [0.05, 0.1) is 12.1 Å². The third-order valence-corrected chi connectivity index (χ3v) is 2.44. The van der Waals surface area contributed by atoms with Crippen LogP contribution in [0.25, 0.3) is 0 Å². The summed E-state index contributed by atoms with van der Waals surface area (Å²) in [5.41, 5.74) is 7.05. The molecule has 1 aromatic carbocycles. The van der Waals surface area contributed by atoms with Crippen LogP contribution in [0, 0.1) is 0 Å². The van der Waals surface area contributed by atoms with Crippen molar-refractivity contribution in [2.75, 3.05) is 11.4 Å². The van der Waals surface area contributed by atoms with Crippen molar-refractivity contribution in [3.05, 3.63) is 53.9 Å². The normalized spacial score (nSPS) is 15.4. The SMILES string of the molecule is NC1=CC=C(C(=O)O)CN1c1ccccc1. The highest BCUT2D eigenvalue weighted by Crippen LogP contribution is 2.21. The Balaban J connectivity index is 2.29. The summed E-state index contributed by atoms with van der Waals surface area (Å²) >= 11 is 0. The van der Waals surface area contributed by atoms with Gasteiger partial charge in [-0.05, 0) is 24.3 Å². The number of benzene rings is 1. The minimum absolute atomic E-state index is 0.293. The predicted octanol–water partition coefficient (Wildman–Crippen LogP) is 1.32. The molecular weight excluding hydrogens is 204 g/mol. The van der Waals surface area contributed by atoms with Crippen molar-refractivity contribution >= 4 is 11.7 Å². The summed E-state index contributed by atoms with van der Waals surface area (Å²) in [4.78, 5) is 12.6. The van der Waals surface area contributed by atoms with Crippen LogP contribution in [0.4, 0.5) is 5.69 Å². The van der Waals surface area contributed by atoms with Crippen LogP contribution < -0.4 is 10.6 Å². The lowest BCUT2D eigenvalue weighted by Crippen LogP contribution is -2.33. The predicted molar refractivity (Wildman–Crippen MR) is 61.8 cm³/mol. The van der Waals surface area contributed by atoms with Crippen LogP contribution in [0.2, 0.25) is 0 Å². The Morgan fingerprint density at radius 2 is 1.94 bits per heavy atom. The summed E-state index contributed by atoms with van der Waals surface area (Å²) in [5.74, 6) is -0.360. The largest absolute Gasteiger partial charge is 0.478 e. The zero-order valence-corrected chi connectivity index (χ0v) is 8.63. The molecule has 82 valence electrons. The number of nitrogens with zero attached hydrogens (tertiary/aromatic N) is 1. The van der Waals surface area contributed by atoms with Crippen LogP contribution >= 0.6 is 0 Å². The second-order valence-electron chi connectivity index (χ2n) is 3.51. The van der Waals surface area contributed by atoms with Gasteiger partial charge >= 0.3 is 5.97 Å². The van der Waals surface area contributed by atoms with Gasteiger partial charge in [0.1, 0.15) is 5.82 Å². The van der Waals surface area contributed by atoms with Crippen molar-refractivity contribution in [1.29, 1.82) is 0 Å². The molecule has 0 spiro atoms. The van der Waals surface area contributed by atoms with Crippen LogP contribution in [0.1, 0.15) is 0 Å². The summed E-state index contributed by atoms with van der Waals surface area (Å²) in [6.45, 7) is 0.293. The first kappa shape index (κ1) is 10.3. The molecule has 0 aliphatic carbocycles. The van der Waals surface area contributed by atoms with Gasteiger partial charge in [-0.15, -0.1) is 0 Å². The molecule has 4 heteroatoms. The number of allylic oxidation sites excluding steroid dienone is 2. The fraction of sp³-hybridized carbons (Fsp3) is 0.0833. The Bertz CT molecular complexity index is 463. The quantitative estimate of drug-likeness (QED) is 0.782. The average Bonchev–Trinajstić information content (AvgIpc) is 2.30. The summed E-state index contributed by atoms with van der Waals surface area (Å²) in [5, 5.41) is 8.92. The van der Waals surface area contributed by atoms with Gasteiger partial charge in [-0.25, -0.2) is 4.79 Å². The monoisotopic (exact) mass is 216 g/mol. The highest BCUT2D eigenvalue weighted by atomic mass is 16.4. The molecule has 1 heterocycles. The van der Waals surface area contributed by atoms with Gasteiger partial charge in [-0.3, -0.25) is 0 Å². The summed E-state index contributed by atoms with van der Waals surface area (Å²) in [6.07, 6.45) is 3.15. The highest BCUT2D eigenvalue weighted by Gasteiger charge is 2.18. The van der Waals surface area contributed by atoms with E-state index in [-0.39, 0.29) is 0 Å². The van der Waals surface area contributed by atoms with E-state index in [1.807, 2.05) is 30.3 Å². The molecule has 0 saturated carbocycles. The zero-order valence-electron chi connectivity index (χ0n) is 8.63. The number of para-hydroxylation sites is 1. The molecule has 0 saturated heterocycles. The number of carbonyl (C=O) groups is 1. The van der Waals surface area contributed by atoms with E-state index in [2.05, 4.69) is 0 Å². The van der Waals surface area contributed by atoms with E-state index in [4.69, 9.17) is 10.8 Å². The maximum Gasteiger partial charge on any atom is 0.333 e. The van der Waals surface area contributed by atoms with E-state index >= 15 is 0 Å². The van der Waals surface area contributed by atoms with E-state index in [1.165, 1.54) is 6.08 Å². The van der Waals surface area contributed by atoms with Gasteiger partial charge in [-0.2, -0.15) is 0 Å². The number of anilines is 1. The molecule has 0 fully saturated rings. The number of aliphatic carboxylic acids is 1. The fourth-order valence-corrected chi connectivity index (χ4v) is 1.58. The third kappa shape index (κ3) is 1.91. The van der Waals surface area contributed by atoms with Crippen molar-refractivity contribution in [1.82, 2.24) is 0 Å². The smallest absolute Gasteiger partial charge is 0.333 e. The fourth-order valence-electron chi connectivity index (χ4n) is 1.58. The van der Waals surface area contributed by atoms with E-state index in [0.717, 1.165) is 5.69 Å². The van der Waals surface area contributed by atoms with Gasteiger partial charge in [-0.1, -0.05) is 18.2 Å². The Morgan fingerprint density at radius 1 is 1.25 bits per heavy atom. The summed E-state index contributed by atoms with van der Waals surface area (Å²) in [6, 6.07) is 9.47. The molecule has 2 rings (SSSR count). The minimum atomic E-state index is -0.912. The molecule has 0 bridgehead atoms. The lowest BCUT2D eigenvalue weighted by atomic mass is 10.1. The van der Waals surface area contributed by atoms with Gasteiger partial charge in [0, 0.05) is 5.69 Å². The second kappa shape index (κ2) is 4.10. The molecule has 0 radical (unpaired) electrons. The number of rotatable bonds is 2. The Labute approximate surface area is 93.3 Å². The Morgan fingerprint density at radius 3 is 2.56 bits per heavy atom. The van der Waals surface area contributed by atoms with Crippen LogP contribution in [0.5, 0.6) is 0 Å². The van der Waals surface area contributed by atoms with Gasteiger partial charge in [0.2, 0.25) is 0 Å². The average molecular weight is 216 g/mol. The number of hydrogen-bond acceptors (Lipinski definition) is 3. The second-order valence-corrected chi connectivity index (χ2v) is 3.51. The first-order valence-electron chi connectivity index (χ1n) is 4.90. The number of carboxylic acid groups (broad SMARTS) is 1. The molecule has 3 N–H and O–H groups in total. The third-order valence-electron chi connectivity index (χ3n) is 2.44. The van der Waals surface area contributed by atoms with Gasteiger partial charge < -0.3 is 15.7 Å². The maximum absolute atomic E-state index is 10.9. The van der Waals surface area contributed by atoms with E-state index < -0.39 is 5.97 Å². The lowest BCUT2D eigenvalue weighted by Gasteiger charge is -2.27. The van der Waals surface area contributed by atoms with E-state index in [9.17, 15) is 4.79 Å². The molecule has 0 amide bonds. The number of carboxylic acids is 1. The molecule has 0 atom stereocenters. The Kier molecular flexibility index (Phi) is 2.64. The van der Waals surface area contributed by atoms with E-state index in [1.54, 1.807) is 11.0 Å². The van der Waals surface area contributed by atoms with Gasteiger partial charge in [0.15, 0.2) is 0 Å². The van der Waals surface area contributed by atoms with Crippen molar-refractivity contribution in [2.45, 2.75) is 0 Å². The Hall–Kier alpha value is -2.23. The van der Waals surface area contributed by atoms with Crippen molar-refractivity contribution in [2.24, 2.45) is 5.73 Å². The summed E-state index contributed by atoms with van der Waals surface area (Å²) < 4.78 is 0. The van der Waals surface area contributed by atoms with Crippen LogP contribution in [-0.4, -0.2) is 17.6 Å². The highest BCUT2D eigenvalue weighted by molar-refractivity contribution is 5.89. The molecule has 0 unspecified atom stereocenters. The standard InChI is InChI=1S/C12H12N2O2/c13-11-7-6-9(12(15)16)8-14(11)10-4-2-1-3-5-10/h1-7H,8,13H2,(H,15,16). The zero-order chi connectivity index (χ0) is 11.5. The molecule has 0 aromatic heterocycles. The number of nitrogens with two attached hydrogens (primary N) is 1. The molecule has 16 heavy (non-hydrogen) atoms. The molecule has 4 nitrogen and oxygen atoms in total. The van der Waals surface area contributed by atoms with Gasteiger partial charge in [0.25, 0.3) is 0 Å². The minimum Gasteiger partial charge on any atom is -0.478 e. The van der Waals surface area contributed by atoms with Crippen LogP contribution in [-0.2, 0) is 4.79 Å². The topological polar surface area (TPSA) is 66.6 Å². The molecular formula is C12H12N2O2. The molecule has 1 aliphatic rings. The first-order chi connectivity index (χ1) is 7.68. The first-order valence-corrected chi connectivity index (χ1v) is 4.90. The molecule has 1 aliphatic heterocycles. The lowest BCUT2D eigenvalue weighted by molar-refractivity contribution is -0.132. The van der Waals surface area contributed by atoms with Crippen molar-refractivity contribution < 1.29 is 9.90 Å². The van der Waals surface area contributed by atoms with Crippen LogP contribution in [0.3, 0.4) is 0 Å².